The van der Waals surface area contributed by atoms with Crippen molar-refractivity contribution in [2.75, 3.05) is 23.7 Å². The molecule has 2 rings (SSSR count). The monoisotopic (exact) mass is 473 g/mol. The summed E-state index contributed by atoms with van der Waals surface area (Å²) in [5.74, 6) is -0.659. The fraction of sp³-hybridized carbons (Fsp3) is 0.440. The van der Waals surface area contributed by atoms with Crippen molar-refractivity contribution in [2.24, 2.45) is 0 Å². The molecule has 0 fully saturated rings. The number of para-hydroxylation sites is 1. The lowest BCUT2D eigenvalue weighted by Gasteiger charge is -2.33. The summed E-state index contributed by atoms with van der Waals surface area (Å²) >= 11 is 0. The molecule has 1 atom stereocenters. The highest BCUT2D eigenvalue weighted by molar-refractivity contribution is 7.92. The van der Waals surface area contributed by atoms with Gasteiger partial charge in [-0.1, -0.05) is 56.3 Å². The molecule has 0 aliphatic carbocycles. The Kier molecular flexibility index (Phi) is 9.46. The predicted molar refractivity (Wildman–Crippen MR) is 132 cm³/mol. The number of benzene rings is 2. The predicted octanol–water partition coefficient (Wildman–Crippen LogP) is 3.40. The van der Waals surface area contributed by atoms with Crippen molar-refractivity contribution in [3.05, 3.63) is 65.2 Å². The molecule has 0 saturated carbocycles. The normalized spacial score (nSPS) is 12.2. The highest BCUT2D eigenvalue weighted by atomic mass is 32.2. The molecule has 33 heavy (non-hydrogen) atoms. The van der Waals surface area contributed by atoms with Crippen LogP contribution < -0.4 is 9.62 Å². The zero-order valence-corrected chi connectivity index (χ0v) is 21.0. The van der Waals surface area contributed by atoms with Crippen molar-refractivity contribution in [3.8, 4) is 0 Å². The van der Waals surface area contributed by atoms with Crippen molar-refractivity contribution in [1.82, 2.24) is 10.2 Å². The number of carbonyl (C=O) groups excluding carboxylic acids is 2. The summed E-state index contributed by atoms with van der Waals surface area (Å²) in [6.45, 7) is 7.92. The second kappa shape index (κ2) is 11.8. The molecule has 1 N–H and O–H groups in total. The lowest BCUT2D eigenvalue weighted by Crippen LogP contribution is -2.52. The molecule has 1 unspecified atom stereocenters. The van der Waals surface area contributed by atoms with Crippen LogP contribution in [0, 0.1) is 13.8 Å². The Hall–Kier alpha value is -2.87. The standard InChI is InChI=1S/C25H35N3O4S/c1-6-16-26-25(30)22(7-2)27(17-21-14-10-8-12-19(21)3)24(29)18-28(33(5,31)32)23-15-11-9-13-20(23)4/h8-15,22H,6-7,16-18H2,1-5H3,(H,26,30). The molecule has 2 amide bonds. The van der Waals surface area contributed by atoms with Gasteiger partial charge < -0.3 is 10.2 Å². The van der Waals surface area contributed by atoms with Gasteiger partial charge in [0, 0.05) is 13.1 Å². The maximum Gasteiger partial charge on any atom is 0.244 e. The molecule has 7 nitrogen and oxygen atoms in total. The number of carbonyl (C=O) groups is 2. The van der Waals surface area contributed by atoms with Gasteiger partial charge in [-0.05, 0) is 49.4 Å². The summed E-state index contributed by atoms with van der Waals surface area (Å²) in [7, 11) is -3.73. The zero-order chi connectivity index (χ0) is 24.6. The molecule has 0 aliphatic rings. The summed E-state index contributed by atoms with van der Waals surface area (Å²) in [6.07, 6.45) is 2.28. The summed E-state index contributed by atoms with van der Waals surface area (Å²) in [5.41, 5.74) is 3.11. The molecule has 0 bridgehead atoms. The molecule has 2 aromatic carbocycles. The van der Waals surface area contributed by atoms with Crippen molar-refractivity contribution in [2.45, 2.75) is 53.1 Å². The maximum absolute atomic E-state index is 13.6. The fourth-order valence-corrected chi connectivity index (χ4v) is 4.60. The van der Waals surface area contributed by atoms with Gasteiger partial charge in [0.1, 0.15) is 12.6 Å². The first-order valence-corrected chi connectivity index (χ1v) is 13.1. The molecule has 8 heteroatoms. The molecule has 0 saturated heterocycles. The third-order valence-corrected chi connectivity index (χ3v) is 6.73. The Morgan fingerprint density at radius 1 is 0.970 bits per heavy atom. The van der Waals surface area contributed by atoms with Crippen LogP contribution in [-0.2, 0) is 26.2 Å². The Morgan fingerprint density at radius 2 is 1.58 bits per heavy atom. The number of amides is 2. The minimum absolute atomic E-state index is 0.217. The number of nitrogens with zero attached hydrogens (tertiary/aromatic N) is 2. The molecule has 2 aromatic rings. The van der Waals surface area contributed by atoms with Crippen molar-refractivity contribution >= 4 is 27.5 Å². The van der Waals surface area contributed by atoms with Crippen LogP contribution in [0.25, 0.3) is 0 Å². The number of anilines is 1. The number of sulfonamides is 1. The van der Waals surface area contributed by atoms with Crippen molar-refractivity contribution in [1.29, 1.82) is 0 Å². The number of hydrogen-bond acceptors (Lipinski definition) is 4. The van der Waals surface area contributed by atoms with Crippen molar-refractivity contribution < 1.29 is 18.0 Å². The Bertz CT molecular complexity index is 1070. The van der Waals surface area contributed by atoms with E-state index in [9.17, 15) is 18.0 Å². The van der Waals surface area contributed by atoms with Crippen LogP contribution in [0.15, 0.2) is 48.5 Å². The Labute approximate surface area is 197 Å². The van der Waals surface area contributed by atoms with Gasteiger partial charge in [0.2, 0.25) is 21.8 Å². The van der Waals surface area contributed by atoms with Crippen LogP contribution in [0.1, 0.15) is 43.4 Å². The van der Waals surface area contributed by atoms with E-state index >= 15 is 0 Å². The van der Waals surface area contributed by atoms with Gasteiger partial charge in [0.25, 0.3) is 0 Å². The second-order valence-corrected chi connectivity index (χ2v) is 10.1. The van der Waals surface area contributed by atoms with Gasteiger partial charge >= 0.3 is 0 Å². The van der Waals surface area contributed by atoms with E-state index in [2.05, 4.69) is 5.32 Å². The molecular formula is C25H35N3O4S. The summed E-state index contributed by atoms with van der Waals surface area (Å²) in [6, 6.07) is 14.0. The van der Waals surface area contributed by atoms with Gasteiger partial charge in [0.15, 0.2) is 0 Å². The van der Waals surface area contributed by atoms with Gasteiger partial charge in [-0.15, -0.1) is 0 Å². The third kappa shape index (κ3) is 7.05. The topological polar surface area (TPSA) is 86.8 Å². The van der Waals surface area contributed by atoms with Gasteiger partial charge in [0.05, 0.1) is 11.9 Å². The van der Waals surface area contributed by atoms with Crippen LogP contribution in [0.4, 0.5) is 5.69 Å². The highest BCUT2D eigenvalue weighted by Crippen LogP contribution is 2.23. The minimum atomic E-state index is -3.73. The Morgan fingerprint density at radius 3 is 2.12 bits per heavy atom. The zero-order valence-electron chi connectivity index (χ0n) is 20.2. The second-order valence-electron chi connectivity index (χ2n) is 8.22. The highest BCUT2D eigenvalue weighted by Gasteiger charge is 2.32. The first-order valence-electron chi connectivity index (χ1n) is 11.2. The summed E-state index contributed by atoms with van der Waals surface area (Å²) in [5, 5.41) is 2.88. The average Bonchev–Trinajstić information content (AvgIpc) is 2.76. The van der Waals surface area contributed by atoms with Crippen molar-refractivity contribution in [3.63, 3.8) is 0 Å². The first-order chi connectivity index (χ1) is 15.6. The average molecular weight is 474 g/mol. The first kappa shape index (κ1) is 26.4. The smallest absolute Gasteiger partial charge is 0.244 e. The molecule has 0 spiro atoms. The van der Waals surface area contributed by atoms with Gasteiger partial charge in [-0.25, -0.2) is 8.42 Å². The fourth-order valence-electron chi connectivity index (χ4n) is 3.69. The maximum atomic E-state index is 13.6. The molecule has 0 heterocycles. The molecule has 0 radical (unpaired) electrons. The van der Waals surface area contributed by atoms with E-state index in [4.69, 9.17) is 0 Å². The lowest BCUT2D eigenvalue weighted by molar-refractivity contribution is -0.140. The van der Waals surface area contributed by atoms with Crippen LogP contribution >= 0.6 is 0 Å². The van der Waals surface area contributed by atoms with E-state index in [0.717, 1.165) is 33.7 Å². The van der Waals surface area contributed by atoms with Crippen LogP contribution in [-0.4, -0.2) is 50.5 Å². The van der Waals surface area contributed by atoms with E-state index < -0.39 is 22.0 Å². The van der Waals surface area contributed by atoms with E-state index in [-0.39, 0.29) is 19.0 Å². The Balaban J connectivity index is 2.45. The third-order valence-electron chi connectivity index (χ3n) is 5.60. The van der Waals surface area contributed by atoms with E-state index in [1.165, 1.54) is 4.90 Å². The van der Waals surface area contributed by atoms with Crippen LogP contribution in [0.2, 0.25) is 0 Å². The van der Waals surface area contributed by atoms with E-state index in [1.54, 1.807) is 25.1 Å². The summed E-state index contributed by atoms with van der Waals surface area (Å²) in [4.78, 5) is 28.0. The molecular weight excluding hydrogens is 438 g/mol. The lowest BCUT2D eigenvalue weighted by atomic mass is 10.1. The quantitative estimate of drug-likeness (QED) is 0.542. The van der Waals surface area contributed by atoms with E-state index in [0.29, 0.717) is 18.7 Å². The molecule has 180 valence electrons. The minimum Gasteiger partial charge on any atom is -0.354 e. The van der Waals surface area contributed by atoms with Crippen LogP contribution in [0.5, 0.6) is 0 Å². The van der Waals surface area contributed by atoms with E-state index in [1.807, 2.05) is 51.1 Å². The number of aryl methyl sites for hydroxylation is 2. The number of hydrogen-bond donors (Lipinski definition) is 1. The largest absolute Gasteiger partial charge is 0.354 e. The number of rotatable bonds is 11. The SMILES string of the molecule is CCCNC(=O)C(CC)N(Cc1ccccc1C)C(=O)CN(c1ccccc1C)S(C)(=O)=O. The molecule has 0 aliphatic heterocycles. The molecule has 0 aromatic heterocycles. The summed E-state index contributed by atoms with van der Waals surface area (Å²) < 4.78 is 26.4. The van der Waals surface area contributed by atoms with Gasteiger partial charge in [-0.2, -0.15) is 0 Å². The van der Waals surface area contributed by atoms with Gasteiger partial charge in [-0.3, -0.25) is 13.9 Å². The van der Waals surface area contributed by atoms with Crippen LogP contribution in [0.3, 0.4) is 0 Å². The number of nitrogens with one attached hydrogen (secondary N) is 1.